The molecule has 23 heavy (non-hydrogen) atoms. The molecule has 1 rings (SSSR count). The first kappa shape index (κ1) is 20.1. The van der Waals surface area contributed by atoms with Gasteiger partial charge in [0.25, 0.3) is 0 Å². The van der Waals surface area contributed by atoms with Crippen LogP contribution in [0, 0.1) is 22.3 Å². The molecule has 0 amide bonds. The van der Waals surface area contributed by atoms with Crippen molar-refractivity contribution < 1.29 is 14.7 Å². The Hall–Kier alpha value is -0.923. The van der Waals surface area contributed by atoms with Crippen molar-refractivity contribution in [2.24, 2.45) is 10.8 Å². The Morgan fingerprint density at radius 2 is 1.48 bits per heavy atom. The predicted octanol–water partition coefficient (Wildman–Crippen LogP) is 3.75. The number of carbonyl (C=O) groups is 2. The number of rotatable bonds is 4. The van der Waals surface area contributed by atoms with Crippen molar-refractivity contribution >= 4 is 19.6 Å². The van der Waals surface area contributed by atoms with E-state index in [-0.39, 0.29) is 24.6 Å². The van der Waals surface area contributed by atoms with Gasteiger partial charge in [-0.3, -0.25) is 9.59 Å². The topological polar surface area (TPSA) is 54.4 Å². The minimum atomic E-state index is -1.99. The van der Waals surface area contributed by atoms with Gasteiger partial charge in [0.2, 0.25) is 0 Å². The van der Waals surface area contributed by atoms with Crippen LogP contribution < -0.4 is 0 Å². The molecule has 1 unspecified atom stereocenters. The van der Waals surface area contributed by atoms with Crippen molar-refractivity contribution in [2.45, 2.75) is 78.4 Å². The fourth-order valence-electron chi connectivity index (χ4n) is 4.23. The summed E-state index contributed by atoms with van der Waals surface area (Å²) >= 11 is 0. The van der Waals surface area contributed by atoms with Crippen molar-refractivity contribution in [1.29, 1.82) is 0 Å². The highest BCUT2D eigenvalue weighted by Crippen LogP contribution is 2.45. The van der Waals surface area contributed by atoms with Crippen LogP contribution in [0.2, 0.25) is 16.6 Å². The molecular weight excluding hydrogens is 304 g/mol. The molecule has 0 spiro atoms. The summed E-state index contributed by atoms with van der Waals surface area (Å²) < 4.78 is 0. The largest absolute Gasteiger partial charge is 0.394 e. The van der Waals surface area contributed by atoms with Crippen LogP contribution in [-0.4, -0.2) is 31.4 Å². The molecule has 0 bridgehead atoms. The van der Waals surface area contributed by atoms with E-state index in [0.717, 1.165) is 0 Å². The fourth-order valence-corrected chi connectivity index (χ4v) is 9.55. The lowest BCUT2D eigenvalue weighted by atomic mass is 9.81. The van der Waals surface area contributed by atoms with Crippen LogP contribution in [0.1, 0.15) is 61.8 Å². The van der Waals surface area contributed by atoms with Crippen molar-refractivity contribution in [1.82, 2.24) is 0 Å². The van der Waals surface area contributed by atoms with E-state index in [9.17, 15) is 14.7 Å². The Morgan fingerprint density at radius 1 is 1.04 bits per heavy atom. The Balaban J connectivity index is 3.46. The van der Waals surface area contributed by atoms with Crippen LogP contribution in [0.5, 0.6) is 0 Å². The van der Waals surface area contributed by atoms with Crippen LogP contribution in [0.3, 0.4) is 0 Å². The van der Waals surface area contributed by atoms with Gasteiger partial charge in [-0.2, -0.15) is 0 Å². The number of Topliss-reactive ketones (excluding diaryl/α,β-unsaturated/α-hetero) is 2. The lowest BCUT2D eigenvalue weighted by molar-refractivity contribution is -0.135. The Morgan fingerprint density at radius 3 is 1.74 bits per heavy atom. The molecule has 1 aliphatic rings. The average molecular weight is 337 g/mol. The second kappa shape index (κ2) is 6.53. The first-order valence-corrected chi connectivity index (χ1v) is 10.8. The van der Waals surface area contributed by atoms with Crippen LogP contribution in [-0.2, 0) is 9.59 Å². The van der Waals surface area contributed by atoms with E-state index in [4.69, 9.17) is 0 Å². The third-order valence-corrected chi connectivity index (χ3v) is 12.1. The Bertz CT molecular complexity index is 527. The molecule has 0 aromatic rings. The molecule has 4 heteroatoms. The molecule has 1 saturated carbocycles. The van der Waals surface area contributed by atoms with Crippen LogP contribution in [0.15, 0.2) is 0 Å². The van der Waals surface area contributed by atoms with Crippen molar-refractivity contribution in [2.75, 3.05) is 6.61 Å². The monoisotopic (exact) mass is 336 g/mol. The van der Waals surface area contributed by atoms with Crippen molar-refractivity contribution in [3.05, 3.63) is 0 Å². The van der Waals surface area contributed by atoms with E-state index in [0.29, 0.717) is 16.6 Å². The van der Waals surface area contributed by atoms with E-state index >= 15 is 0 Å². The minimum absolute atomic E-state index is 0.0428. The number of aliphatic hydroxyl groups is 1. The van der Waals surface area contributed by atoms with Crippen molar-refractivity contribution in [3.8, 4) is 11.5 Å². The highest BCUT2D eigenvalue weighted by Gasteiger charge is 2.57. The summed E-state index contributed by atoms with van der Waals surface area (Å²) in [4.78, 5) is 25.0. The summed E-state index contributed by atoms with van der Waals surface area (Å²) in [5.74, 6) is 2.82. The van der Waals surface area contributed by atoms with Gasteiger partial charge in [-0.25, -0.2) is 0 Å². The maximum atomic E-state index is 12.7. The van der Waals surface area contributed by atoms with Crippen molar-refractivity contribution in [3.63, 3.8) is 0 Å². The molecular formula is C19H32O3Si. The summed E-state index contributed by atoms with van der Waals surface area (Å²) in [5, 5.41) is 9.89. The fraction of sp³-hybridized carbons (Fsp3) is 0.789. The average Bonchev–Trinajstić information content (AvgIpc) is 2.59. The number of hydrogen-bond donors (Lipinski definition) is 1. The van der Waals surface area contributed by atoms with E-state index < -0.39 is 18.9 Å². The lowest BCUT2D eigenvalue weighted by Crippen LogP contribution is -2.44. The van der Waals surface area contributed by atoms with Gasteiger partial charge in [-0.15, -0.1) is 5.54 Å². The third-order valence-electron chi connectivity index (χ3n) is 5.82. The van der Waals surface area contributed by atoms with E-state index in [1.807, 2.05) is 0 Å². The van der Waals surface area contributed by atoms with Gasteiger partial charge >= 0.3 is 0 Å². The maximum Gasteiger partial charge on any atom is 0.166 e. The normalized spacial score (nSPS) is 24.5. The number of aliphatic hydroxyl groups excluding tert-OH is 1. The zero-order valence-electron chi connectivity index (χ0n) is 15.9. The van der Waals surface area contributed by atoms with Gasteiger partial charge in [0.15, 0.2) is 5.78 Å². The molecule has 0 heterocycles. The Labute approximate surface area is 142 Å². The lowest BCUT2D eigenvalue weighted by Gasteiger charge is -2.38. The highest BCUT2D eigenvalue weighted by atomic mass is 28.3. The smallest absolute Gasteiger partial charge is 0.166 e. The van der Waals surface area contributed by atoms with Gasteiger partial charge in [-0.1, -0.05) is 47.5 Å². The van der Waals surface area contributed by atoms with E-state index in [1.165, 1.54) is 0 Å². The van der Waals surface area contributed by atoms with Gasteiger partial charge in [0.1, 0.15) is 19.3 Å². The van der Waals surface area contributed by atoms with E-state index in [1.54, 1.807) is 13.8 Å². The molecule has 1 fully saturated rings. The van der Waals surface area contributed by atoms with Gasteiger partial charge < -0.3 is 5.11 Å². The highest BCUT2D eigenvalue weighted by molar-refractivity contribution is 6.90. The molecule has 3 nitrogen and oxygen atoms in total. The second-order valence-corrected chi connectivity index (χ2v) is 14.0. The van der Waals surface area contributed by atoms with Gasteiger partial charge in [0, 0.05) is 6.42 Å². The third kappa shape index (κ3) is 3.06. The second-order valence-electron chi connectivity index (χ2n) is 8.44. The maximum absolute atomic E-state index is 12.7. The molecule has 0 aromatic carbocycles. The molecule has 0 saturated heterocycles. The minimum Gasteiger partial charge on any atom is -0.394 e. The Kier molecular flexibility index (Phi) is 5.71. The molecule has 1 atom stereocenters. The molecule has 0 radical (unpaired) electrons. The molecule has 0 aromatic heterocycles. The standard InChI is InChI=1S/C19H32O3Si/c1-13(2)23(14(3)4,15(5)6)10-9-19(12-20)11-16(21)18(7,8)17(19)22/h13-15,20H,11-12H2,1-8H3. The number of hydrogen-bond acceptors (Lipinski definition) is 3. The summed E-state index contributed by atoms with van der Waals surface area (Å²) in [6.45, 7) is 16.2. The van der Waals surface area contributed by atoms with Crippen LogP contribution >= 0.6 is 0 Å². The predicted molar refractivity (Wildman–Crippen MR) is 96.8 cm³/mol. The van der Waals surface area contributed by atoms with Crippen LogP contribution in [0.25, 0.3) is 0 Å². The van der Waals surface area contributed by atoms with Crippen LogP contribution in [0.4, 0.5) is 0 Å². The molecule has 130 valence electrons. The van der Waals surface area contributed by atoms with Gasteiger partial charge in [0.05, 0.1) is 12.0 Å². The zero-order valence-corrected chi connectivity index (χ0v) is 16.9. The zero-order chi connectivity index (χ0) is 18.2. The molecule has 1 aliphatic carbocycles. The number of carbonyl (C=O) groups excluding carboxylic acids is 2. The quantitative estimate of drug-likeness (QED) is 0.483. The molecule has 0 aliphatic heterocycles. The summed E-state index contributed by atoms with van der Waals surface area (Å²) in [7, 11) is -1.99. The summed E-state index contributed by atoms with van der Waals surface area (Å²) in [5.41, 5.74) is 2.63. The molecule has 1 N–H and O–H groups in total. The number of ketones is 2. The SMILES string of the molecule is CC(C)[Si](C#CC1(CO)CC(=O)C(C)(C)C1=O)(C(C)C)C(C)C. The summed E-state index contributed by atoms with van der Waals surface area (Å²) in [6, 6.07) is 0. The first-order chi connectivity index (χ1) is 10.4. The van der Waals surface area contributed by atoms with Gasteiger partial charge in [-0.05, 0) is 30.5 Å². The summed E-state index contributed by atoms with van der Waals surface area (Å²) in [6.07, 6.45) is 0.0428. The van der Waals surface area contributed by atoms with E-state index in [2.05, 4.69) is 53.0 Å². The first-order valence-electron chi connectivity index (χ1n) is 8.62.